The lowest BCUT2D eigenvalue weighted by molar-refractivity contribution is 0.415. The lowest BCUT2D eigenvalue weighted by atomic mass is 10.1. The fourth-order valence-electron chi connectivity index (χ4n) is 4.16. The van der Waals surface area contributed by atoms with E-state index >= 15 is 0 Å². The Morgan fingerprint density at radius 1 is 1.00 bits per heavy atom. The van der Waals surface area contributed by atoms with Crippen molar-refractivity contribution < 1.29 is 4.74 Å². The van der Waals surface area contributed by atoms with Gasteiger partial charge in [-0.05, 0) is 49.2 Å². The van der Waals surface area contributed by atoms with Crippen LogP contribution in [-0.2, 0) is 13.6 Å². The molecule has 0 spiro atoms. The molecule has 8 heteroatoms. The first-order valence-electron chi connectivity index (χ1n) is 10.3. The number of imidazole rings is 2. The predicted molar refractivity (Wildman–Crippen MR) is 123 cm³/mol. The number of nitrogens with zero attached hydrogens (tertiary/aromatic N) is 5. The van der Waals surface area contributed by atoms with Gasteiger partial charge in [0.05, 0.1) is 13.7 Å². The summed E-state index contributed by atoms with van der Waals surface area (Å²) in [5.74, 6) is 1.33. The second kappa shape index (κ2) is 7.26. The third kappa shape index (κ3) is 2.87. The second-order valence-electron chi connectivity index (χ2n) is 7.92. The van der Waals surface area contributed by atoms with Crippen LogP contribution in [0.2, 0.25) is 0 Å². The predicted octanol–water partition coefficient (Wildman–Crippen LogP) is 2.81. The first-order chi connectivity index (χ1) is 15.4. The molecule has 0 unspecified atom stereocenters. The van der Waals surface area contributed by atoms with Crippen molar-refractivity contribution in [3.8, 4) is 11.4 Å². The Bertz CT molecular complexity index is 1600. The molecule has 0 aliphatic heterocycles. The summed E-state index contributed by atoms with van der Waals surface area (Å²) in [6, 6.07) is 15.4. The van der Waals surface area contributed by atoms with Crippen LogP contribution in [0.5, 0.6) is 5.75 Å². The zero-order valence-corrected chi connectivity index (χ0v) is 18.4. The van der Waals surface area contributed by atoms with Gasteiger partial charge in [-0.2, -0.15) is 4.98 Å². The van der Waals surface area contributed by atoms with Crippen molar-refractivity contribution in [1.29, 1.82) is 0 Å². The van der Waals surface area contributed by atoms with Crippen LogP contribution in [0, 0.1) is 13.8 Å². The van der Waals surface area contributed by atoms with E-state index in [2.05, 4.69) is 4.98 Å². The van der Waals surface area contributed by atoms with Crippen LogP contribution >= 0.6 is 0 Å². The van der Waals surface area contributed by atoms with Gasteiger partial charge in [-0.15, -0.1) is 0 Å². The van der Waals surface area contributed by atoms with Gasteiger partial charge in [0.1, 0.15) is 5.75 Å². The molecule has 5 rings (SSSR count). The van der Waals surface area contributed by atoms with E-state index in [9.17, 15) is 9.59 Å². The van der Waals surface area contributed by atoms with Crippen molar-refractivity contribution in [1.82, 2.24) is 23.1 Å². The Balaban J connectivity index is 1.77. The van der Waals surface area contributed by atoms with Crippen molar-refractivity contribution in [2.45, 2.75) is 20.4 Å². The van der Waals surface area contributed by atoms with Crippen LogP contribution in [0.4, 0.5) is 0 Å². The molecule has 0 amide bonds. The highest BCUT2D eigenvalue weighted by Crippen LogP contribution is 2.22. The number of aryl methyl sites for hydroxylation is 3. The number of hydrogen-bond acceptors (Lipinski definition) is 4. The molecular formula is C24H23N5O3. The molecule has 0 radical (unpaired) electrons. The molecule has 0 aliphatic carbocycles. The normalized spacial score (nSPS) is 11.5. The van der Waals surface area contributed by atoms with E-state index in [1.807, 2.05) is 73.1 Å². The van der Waals surface area contributed by atoms with Gasteiger partial charge in [-0.1, -0.05) is 24.3 Å². The van der Waals surface area contributed by atoms with Gasteiger partial charge in [0, 0.05) is 24.6 Å². The molecule has 0 bridgehead atoms. The standard InChI is InChI=1S/C24H23N5O3/c1-15-7-5-6-8-17(15)14-28-22(30)20-21(26(3)24(28)31)25-23-27(20)13-16(2)29(23)18-9-11-19(32-4)12-10-18/h5-13H,14H2,1-4H3. The average molecular weight is 429 g/mol. The molecule has 3 heterocycles. The summed E-state index contributed by atoms with van der Waals surface area (Å²) in [6.45, 7) is 4.14. The highest BCUT2D eigenvalue weighted by Gasteiger charge is 2.21. The Morgan fingerprint density at radius 2 is 1.72 bits per heavy atom. The van der Waals surface area contributed by atoms with Crippen LogP contribution < -0.4 is 16.0 Å². The average Bonchev–Trinajstić information content (AvgIpc) is 3.31. The van der Waals surface area contributed by atoms with E-state index in [1.54, 1.807) is 18.6 Å². The molecule has 5 aromatic rings. The van der Waals surface area contributed by atoms with Crippen LogP contribution in [0.25, 0.3) is 22.6 Å². The third-order valence-electron chi connectivity index (χ3n) is 5.95. The zero-order valence-electron chi connectivity index (χ0n) is 18.4. The number of ether oxygens (including phenoxy) is 1. The third-order valence-corrected chi connectivity index (χ3v) is 5.95. The SMILES string of the molecule is COc1ccc(-n2c(C)cn3c4c(=O)n(Cc5ccccc5C)c(=O)n(C)c4nc23)cc1. The minimum absolute atomic E-state index is 0.208. The molecule has 0 saturated carbocycles. The van der Waals surface area contributed by atoms with Gasteiger partial charge >= 0.3 is 5.69 Å². The van der Waals surface area contributed by atoms with E-state index < -0.39 is 0 Å². The van der Waals surface area contributed by atoms with E-state index in [0.717, 1.165) is 28.3 Å². The van der Waals surface area contributed by atoms with Gasteiger partial charge in [-0.3, -0.25) is 22.9 Å². The zero-order chi connectivity index (χ0) is 22.6. The highest BCUT2D eigenvalue weighted by molar-refractivity contribution is 5.76. The maximum Gasteiger partial charge on any atom is 0.332 e. The Kier molecular flexibility index (Phi) is 4.51. The van der Waals surface area contributed by atoms with Crippen LogP contribution in [-0.4, -0.2) is 30.2 Å². The summed E-state index contributed by atoms with van der Waals surface area (Å²) >= 11 is 0. The van der Waals surface area contributed by atoms with Crippen molar-refractivity contribution in [2.75, 3.05) is 7.11 Å². The molecule has 0 N–H and O–H groups in total. The van der Waals surface area contributed by atoms with E-state index in [0.29, 0.717) is 16.9 Å². The Hall–Kier alpha value is -4.07. The monoisotopic (exact) mass is 429 g/mol. The first-order valence-corrected chi connectivity index (χ1v) is 10.3. The first kappa shape index (κ1) is 19.9. The van der Waals surface area contributed by atoms with Crippen LogP contribution in [0.1, 0.15) is 16.8 Å². The number of hydrogen-bond donors (Lipinski definition) is 0. The van der Waals surface area contributed by atoms with Crippen molar-refractivity contribution in [3.63, 3.8) is 0 Å². The smallest absolute Gasteiger partial charge is 0.332 e. The molecule has 162 valence electrons. The van der Waals surface area contributed by atoms with Gasteiger partial charge in [0.25, 0.3) is 5.56 Å². The lowest BCUT2D eigenvalue weighted by Crippen LogP contribution is -2.39. The summed E-state index contributed by atoms with van der Waals surface area (Å²) in [7, 11) is 3.27. The van der Waals surface area contributed by atoms with Gasteiger partial charge in [0.2, 0.25) is 5.78 Å². The second-order valence-corrected chi connectivity index (χ2v) is 7.92. The summed E-state index contributed by atoms with van der Waals surface area (Å²) in [5, 5.41) is 0. The van der Waals surface area contributed by atoms with Gasteiger partial charge < -0.3 is 4.74 Å². The molecule has 3 aromatic heterocycles. The van der Waals surface area contributed by atoms with Crippen molar-refractivity contribution in [2.24, 2.45) is 7.05 Å². The van der Waals surface area contributed by atoms with Crippen molar-refractivity contribution in [3.05, 3.63) is 92.4 Å². The molecule has 0 atom stereocenters. The van der Waals surface area contributed by atoms with Gasteiger partial charge in [-0.25, -0.2) is 4.79 Å². The number of fused-ring (bicyclic) bond motifs is 3. The number of benzene rings is 2. The van der Waals surface area contributed by atoms with E-state index in [1.165, 1.54) is 9.13 Å². The highest BCUT2D eigenvalue weighted by atomic mass is 16.5. The number of rotatable bonds is 4. The van der Waals surface area contributed by atoms with Gasteiger partial charge in [0.15, 0.2) is 11.2 Å². The molecule has 32 heavy (non-hydrogen) atoms. The summed E-state index contributed by atoms with van der Waals surface area (Å²) in [5.41, 5.74) is 3.76. The number of aromatic nitrogens is 5. The largest absolute Gasteiger partial charge is 0.497 e. The van der Waals surface area contributed by atoms with Crippen LogP contribution in [0.3, 0.4) is 0 Å². The molecular weight excluding hydrogens is 406 g/mol. The quantitative estimate of drug-likeness (QED) is 0.440. The molecule has 2 aromatic carbocycles. The lowest BCUT2D eigenvalue weighted by Gasteiger charge is -2.10. The van der Waals surface area contributed by atoms with E-state index in [4.69, 9.17) is 4.74 Å². The molecule has 0 saturated heterocycles. The summed E-state index contributed by atoms with van der Waals surface area (Å²) < 4.78 is 11.7. The minimum Gasteiger partial charge on any atom is -0.497 e. The summed E-state index contributed by atoms with van der Waals surface area (Å²) in [4.78, 5) is 31.2. The fraction of sp³-hybridized carbons (Fsp3) is 0.208. The topological polar surface area (TPSA) is 75.5 Å². The fourth-order valence-corrected chi connectivity index (χ4v) is 4.16. The maximum absolute atomic E-state index is 13.5. The molecule has 0 fully saturated rings. The van der Waals surface area contributed by atoms with E-state index in [-0.39, 0.29) is 17.8 Å². The minimum atomic E-state index is -0.390. The summed E-state index contributed by atoms with van der Waals surface area (Å²) in [6.07, 6.45) is 1.87. The maximum atomic E-state index is 13.5. The molecule has 0 aliphatic rings. The Labute approximate surface area is 183 Å². The van der Waals surface area contributed by atoms with Crippen molar-refractivity contribution >= 4 is 16.9 Å². The van der Waals surface area contributed by atoms with Crippen LogP contribution in [0.15, 0.2) is 64.3 Å². The molecule has 8 nitrogen and oxygen atoms in total. The Morgan fingerprint density at radius 3 is 2.41 bits per heavy atom. The number of methoxy groups -OCH3 is 1.